The van der Waals surface area contributed by atoms with E-state index in [0.29, 0.717) is 16.3 Å². The molecular formula is C16H17ClFN3OS. The Labute approximate surface area is 143 Å². The van der Waals surface area contributed by atoms with E-state index < -0.39 is 0 Å². The highest BCUT2D eigenvalue weighted by Gasteiger charge is 2.31. The molecule has 0 bridgehead atoms. The highest BCUT2D eigenvalue weighted by atomic mass is 35.5. The van der Waals surface area contributed by atoms with Gasteiger partial charge in [-0.05, 0) is 37.3 Å². The second-order valence-electron chi connectivity index (χ2n) is 5.30. The number of amidine groups is 1. The minimum atomic E-state index is -0.375. The normalized spacial score (nSPS) is 18.7. The predicted octanol–water partition coefficient (Wildman–Crippen LogP) is 4.62. The molecule has 0 amide bonds. The first-order valence-electron chi connectivity index (χ1n) is 7.33. The quantitative estimate of drug-likeness (QED) is 0.583. The van der Waals surface area contributed by atoms with Gasteiger partial charge in [0.2, 0.25) is 0 Å². The average Bonchev–Trinajstić information content (AvgIpc) is 3.20. The van der Waals surface area contributed by atoms with Gasteiger partial charge >= 0.3 is 0 Å². The molecule has 0 aliphatic carbocycles. The summed E-state index contributed by atoms with van der Waals surface area (Å²) < 4.78 is 19.3. The number of aliphatic imine (C=N–C) groups is 1. The summed E-state index contributed by atoms with van der Waals surface area (Å²) >= 11 is 7.56. The molecule has 1 aliphatic rings. The van der Waals surface area contributed by atoms with Crippen LogP contribution in [0.1, 0.15) is 24.6 Å². The highest BCUT2D eigenvalue weighted by molar-refractivity contribution is 8.13. The van der Waals surface area contributed by atoms with Crippen molar-refractivity contribution in [2.75, 3.05) is 19.8 Å². The van der Waals surface area contributed by atoms with Crippen molar-refractivity contribution in [1.82, 2.24) is 10.1 Å². The maximum absolute atomic E-state index is 14.0. The molecule has 2 aromatic rings. The van der Waals surface area contributed by atoms with Crippen LogP contribution >= 0.6 is 23.4 Å². The molecule has 1 aromatic carbocycles. The van der Waals surface area contributed by atoms with E-state index in [1.165, 1.54) is 12.1 Å². The average molecular weight is 354 g/mol. The summed E-state index contributed by atoms with van der Waals surface area (Å²) in [6, 6.07) is 6.30. The van der Waals surface area contributed by atoms with E-state index in [1.54, 1.807) is 30.9 Å². The van der Waals surface area contributed by atoms with Gasteiger partial charge in [0.25, 0.3) is 0 Å². The lowest BCUT2D eigenvalue weighted by Gasteiger charge is -2.24. The first kappa shape index (κ1) is 16.3. The lowest BCUT2D eigenvalue weighted by molar-refractivity contribution is 0.362. The summed E-state index contributed by atoms with van der Waals surface area (Å²) in [6.07, 6.45) is 4.05. The smallest absolute Gasteiger partial charge is 0.170 e. The number of likely N-dealkylation sites (tertiary alicyclic amines) is 1. The fourth-order valence-electron chi connectivity index (χ4n) is 2.90. The summed E-state index contributed by atoms with van der Waals surface area (Å²) in [5.74, 6) is 0.0197. The van der Waals surface area contributed by atoms with E-state index in [-0.39, 0.29) is 11.9 Å². The molecule has 0 radical (unpaired) electrons. The molecule has 1 unspecified atom stereocenters. The zero-order valence-corrected chi connectivity index (χ0v) is 14.5. The van der Waals surface area contributed by atoms with Gasteiger partial charge in [0.1, 0.15) is 11.5 Å². The third-order valence-corrected chi connectivity index (χ3v) is 4.95. The SMILES string of the molecule is CN=C(SC)N1CCCC1c1cc(-c2cc(Cl)ccc2F)on1. The molecule has 23 heavy (non-hydrogen) atoms. The van der Waals surface area contributed by atoms with Crippen molar-refractivity contribution in [2.45, 2.75) is 18.9 Å². The highest BCUT2D eigenvalue weighted by Crippen LogP contribution is 2.36. The topological polar surface area (TPSA) is 41.6 Å². The van der Waals surface area contributed by atoms with E-state index in [2.05, 4.69) is 15.0 Å². The van der Waals surface area contributed by atoms with Crippen LogP contribution in [0.4, 0.5) is 4.39 Å². The van der Waals surface area contributed by atoms with E-state index in [1.807, 2.05) is 6.26 Å². The summed E-state index contributed by atoms with van der Waals surface area (Å²) in [5, 5.41) is 5.60. The molecule has 0 spiro atoms. The Morgan fingerprint density at radius 2 is 2.30 bits per heavy atom. The van der Waals surface area contributed by atoms with Crippen LogP contribution in [0.3, 0.4) is 0 Å². The van der Waals surface area contributed by atoms with Gasteiger partial charge in [-0.15, -0.1) is 0 Å². The second kappa shape index (κ2) is 6.93. The number of benzene rings is 1. The molecule has 2 heterocycles. The Morgan fingerprint density at radius 3 is 3.04 bits per heavy atom. The zero-order valence-electron chi connectivity index (χ0n) is 12.9. The van der Waals surface area contributed by atoms with Gasteiger partial charge in [-0.3, -0.25) is 4.99 Å². The molecule has 1 fully saturated rings. The molecule has 4 nitrogen and oxygen atoms in total. The molecule has 0 N–H and O–H groups in total. The van der Waals surface area contributed by atoms with Crippen molar-refractivity contribution in [3.05, 3.63) is 40.8 Å². The number of aromatic nitrogens is 1. The number of halogens is 2. The Bertz CT molecular complexity index is 734. The molecule has 0 saturated carbocycles. The minimum absolute atomic E-state index is 0.112. The van der Waals surface area contributed by atoms with Crippen LogP contribution in [0, 0.1) is 5.82 Å². The summed E-state index contributed by atoms with van der Waals surface area (Å²) in [4.78, 5) is 6.55. The number of thioether (sulfide) groups is 1. The lowest BCUT2D eigenvalue weighted by atomic mass is 10.1. The van der Waals surface area contributed by atoms with Crippen molar-refractivity contribution in [1.29, 1.82) is 0 Å². The van der Waals surface area contributed by atoms with Gasteiger partial charge in [-0.2, -0.15) is 0 Å². The summed E-state index contributed by atoms with van der Waals surface area (Å²) in [6.45, 7) is 0.936. The fraction of sp³-hybridized carbons (Fsp3) is 0.375. The molecular weight excluding hydrogens is 337 g/mol. The summed E-state index contributed by atoms with van der Waals surface area (Å²) in [5.41, 5.74) is 1.13. The van der Waals surface area contributed by atoms with Crippen LogP contribution in [-0.2, 0) is 0 Å². The van der Waals surface area contributed by atoms with E-state index in [0.717, 1.165) is 30.2 Å². The number of hydrogen-bond donors (Lipinski definition) is 0. The molecule has 7 heteroatoms. The van der Waals surface area contributed by atoms with Gasteiger partial charge < -0.3 is 9.42 Å². The monoisotopic (exact) mass is 353 g/mol. The van der Waals surface area contributed by atoms with E-state index in [4.69, 9.17) is 16.1 Å². The molecule has 122 valence electrons. The van der Waals surface area contributed by atoms with Gasteiger partial charge in [-0.25, -0.2) is 4.39 Å². The first-order valence-corrected chi connectivity index (χ1v) is 8.93. The molecule has 1 aromatic heterocycles. The Kier molecular flexibility index (Phi) is 4.92. The van der Waals surface area contributed by atoms with Crippen LogP contribution in [0.15, 0.2) is 33.8 Å². The molecule has 1 saturated heterocycles. The molecule has 1 aliphatic heterocycles. The Hall–Kier alpha value is -1.53. The van der Waals surface area contributed by atoms with Crippen LogP contribution in [-0.4, -0.2) is 35.1 Å². The molecule has 3 rings (SSSR count). The van der Waals surface area contributed by atoms with Gasteiger partial charge in [0.05, 0.1) is 11.6 Å². The Balaban J connectivity index is 1.91. The number of hydrogen-bond acceptors (Lipinski definition) is 4. The lowest BCUT2D eigenvalue weighted by Crippen LogP contribution is -2.28. The van der Waals surface area contributed by atoms with Crippen LogP contribution in [0.2, 0.25) is 5.02 Å². The van der Waals surface area contributed by atoms with Gasteiger partial charge in [-0.1, -0.05) is 28.5 Å². The van der Waals surface area contributed by atoms with Crippen molar-refractivity contribution < 1.29 is 8.91 Å². The van der Waals surface area contributed by atoms with Crippen molar-refractivity contribution >= 4 is 28.5 Å². The van der Waals surface area contributed by atoms with Crippen LogP contribution in [0.5, 0.6) is 0 Å². The zero-order chi connectivity index (χ0) is 16.4. The fourth-order valence-corrected chi connectivity index (χ4v) is 3.71. The number of nitrogens with zero attached hydrogens (tertiary/aromatic N) is 3. The Morgan fingerprint density at radius 1 is 1.48 bits per heavy atom. The number of rotatable bonds is 2. The maximum atomic E-state index is 14.0. The molecule has 1 atom stereocenters. The van der Waals surface area contributed by atoms with E-state index >= 15 is 0 Å². The standard InChI is InChI=1S/C16H17ClFN3OS/c1-19-16(23-2)21-7-3-4-14(21)13-9-15(22-20-13)11-8-10(17)5-6-12(11)18/h5-6,8-9,14H,3-4,7H2,1-2H3. The summed E-state index contributed by atoms with van der Waals surface area (Å²) in [7, 11) is 1.79. The van der Waals surface area contributed by atoms with Gasteiger partial charge in [0, 0.05) is 24.7 Å². The van der Waals surface area contributed by atoms with Crippen molar-refractivity contribution in [2.24, 2.45) is 4.99 Å². The predicted molar refractivity (Wildman–Crippen MR) is 92.5 cm³/mol. The van der Waals surface area contributed by atoms with Crippen LogP contribution < -0.4 is 0 Å². The van der Waals surface area contributed by atoms with Crippen LogP contribution in [0.25, 0.3) is 11.3 Å². The maximum Gasteiger partial charge on any atom is 0.170 e. The third kappa shape index (κ3) is 3.23. The first-order chi connectivity index (χ1) is 11.1. The van der Waals surface area contributed by atoms with Gasteiger partial charge in [0.15, 0.2) is 10.9 Å². The van der Waals surface area contributed by atoms with Crippen molar-refractivity contribution in [3.63, 3.8) is 0 Å². The largest absolute Gasteiger partial charge is 0.356 e. The van der Waals surface area contributed by atoms with Crippen molar-refractivity contribution in [3.8, 4) is 11.3 Å². The second-order valence-corrected chi connectivity index (χ2v) is 6.51. The van der Waals surface area contributed by atoms with E-state index in [9.17, 15) is 4.39 Å². The third-order valence-electron chi connectivity index (χ3n) is 3.94. The minimum Gasteiger partial charge on any atom is -0.356 e.